The highest BCUT2D eigenvalue weighted by molar-refractivity contribution is 5.94. The highest BCUT2D eigenvalue weighted by Crippen LogP contribution is 2.58. The van der Waals surface area contributed by atoms with Crippen LogP contribution in [-0.4, -0.2) is 39.9 Å². The largest absolute Gasteiger partial charge is 0.474 e. The lowest BCUT2D eigenvalue weighted by Gasteiger charge is -2.58. The van der Waals surface area contributed by atoms with E-state index in [9.17, 15) is 9.59 Å². The first-order valence-electron chi connectivity index (χ1n) is 9.98. The second-order valence-electron chi connectivity index (χ2n) is 8.91. The van der Waals surface area contributed by atoms with Gasteiger partial charge in [-0.05, 0) is 55.6 Å². The van der Waals surface area contributed by atoms with Crippen molar-refractivity contribution in [2.24, 2.45) is 17.1 Å². The topological polar surface area (TPSA) is 97.6 Å². The predicted molar refractivity (Wildman–Crippen MR) is 104 cm³/mol. The van der Waals surface area contributed by atoms with E-state index in [1.165, 1.54) is 0 Å². The monoisotopic (exact) mass is 384 g/mol. The van der Waals surface area contributed by atoms with Crippen LogP contribution in [0.2, 0.25) is 0 Å². The molecule has 1 atom stereocenters. The van der Waals surface area contributed by atoms with E-state index in [1.807, 2.05) is 4.90 Å². The van der Waals surface area contributed by atoms with Gasteiger partial charge in [0.15, 0.2) is 0 Å². The summed E-state index contributed by atoms with van der Waals surface area (Å²) in [5.74, 6) is 1.14. The SMILES string of the molecule is C=C1NC(CC(C)C)C(=O)N1C1CC2(CC(Oc3ncccc3C(N)=O)C2)C1. The van der Waals surface area contributed by atoms with Crippen LogP contribution in [0, 0.1) is 11.3 Å². The Hall–Kier alpha value is -2.57. The zero-order valence-corrected chi connectivity index (χ0v) is 16.5. The molecule has 1 unspecified atom stereocenters. The zero-order valence-electron chi connectivity index (χ0n) is 16.5. The van der Waals surface area contributed by atoms with Crippen molar-refractivity contribution in [3.8, 4) is 5.88 Å². The maximum absolute atomic E-state index is 12.7. The molecule has 1 aromatic rings. The zero-order chi connectivity index (χ0) is 20.1. The number of nitrogens with two attached hydrogens (primary N) is 1. The van der Waals surface area contributed by atoms with E-state index < -0.39 is 5.91 Å². The third kappa shape index (κ3) is 3.23. The van der Waals surface area contributed by atoms with Crippen LogP contribution in [0.3, 0.4) is 0 Å². The molecule has 3 N–H and O–H groups in total. The molecular formula is C21H28N4O3. The minimum Gasteiger partial charge on any atom is -0.474 e. The number of pyridine rings is 1. The summed E-state index contributed by atoms with van der Waals surface area (Å²) in [7, 11) is 0. The molecule has 2 amide bonds. The Morgan fingerprint density at radius 3 is 2.79 bits per heavy atom. The van der Waals surface area contributed by atoms with Crippen LogP contribution >= 0.6 is 0 Å². The summed E-state index contributed by atoms with van der Waals surface area (Å²) in [6, 6.07) is 3.38. The average Bonchev–Trinajstić information content (AvgIpc) is 2.82. The molecule has 1 aliphatic heterocycles. The van der Waals surface area contributed by atoms with Gasteiger partial charge in [-0.1, -0.05) is 20.4 Å². The molecule has 1 saturated heterocycles. The lowest BCUT2D eigenvalue weighted by Crippen LogP contribution is -2.59. The highest BCUT2D eigenvalue weighted by atomic mass is 16.5. The first-order valence-corrected chi connectivity index (χ1v) is 9.98. The number of nitrogens with one attached hydrogen (secondary N) is 1. The van der Waals surface area contributed by atoms with E-state index in [-0.39, 0.29) is 29.5 Å². The quantitative estimate of drug-likeness (QED) is 0.783. The fourth-order valence-corrected chi connectivity index (χ4v) is 4.94. The molecule has 0 radical (unpaired) electrons. The van der Waals surface area contributed by atoms with Crippen molar-refractivity contribution in [3.05, 3.63) is 36.3 Å². The summed E-state index contributed by atoms with van der Waals surface area (Å²) in [5, 5.41) is 3.26. The molecule has 1 spiro atoms. The number of primary amides is 1. The summed E-state index contributed by atoms with van der Waals surface area (Å²) in [6.07, 6.45) is 6.23. The first kappa shape index (κ1) is 18.8. The molecule has 1 aromatic heterocycles. The van der Waals surface area contributed by atoms with Gasteiger partial charge in [0, 0.05) is 12.2 Å². The lowest BCUT2D eigenvalue weighted by molar-refractivity contribution is -0.142. The van der Waals surface area contributed by atoms with Gasteiger partial charge in [0.25, 0.3) is 11.8 Å². The van der Waals surface area contributed by atoms with E-state index in [0.29, 0.717) is 17.4 Å². The molecule has 150 valence electrons. The third-order valence-corrected chi connectivity index (χ3v) is 6.21. The fourth-order valence-electron chi connectivity index (χ4n) is 4.94. The van der Waals surface area contributed by atoms with Crippen molar-refractivity contribution >= 4 is 11.8 Å². The van der Waals surface area contributed by atoms with E-state index in [2.05, 4.69) is 30.7 Å². The molecule has 7 nitrogen and oxygen atoms in total. The number of nitrogens with zero attached hydrogens (tertiary/aromatic N) is 2. The Kier molecular flexibility index (Phi) is 4.56. The molecule has 3 fully saturated rings. The number of hydrogen-bond donors (Lipinski definition) is 2. The number of carbonyl (C=O) groups is 2. The van der Waals surface area contributed by atoms with Gasteiger partial charge in [0.2, 0.25) is 5.88 Å². The second kappa shape index (κ2) is 6.79. The van der Waals surface area contributed by atoms with Crippen LogP contribution in [0.5, 0.6) is 5.88 Å². The summed E-state index contributed by atoms with van der Waals surface area (Å²) >= 11 is 0. The number of ether oxygens (including phenoxy) is 1. The molecular weight excluding hydrogens is 356 g/mol. The lowest BCUT2D eigenvalue weighted by atomic mass is 9.52. The van der Waals surface area contributed by atoms with Gasteiger partial charge in [-0.3, -0.25) is 14.5 Å². The molecule has 0 aromatic carbocycles. The van der Waals surface area contributed by atoms with E-state index in [1.54, 1.807) is 18.3 Å². The maximum Gasteiger partial charge on any atom is 0.254 e. The molecule has 2 heterocycles. The number of aromatic nitrogens is 1. The van der Waals surface area contributed by atoms with Crippen LogP contribution < -0.4 is 15.8 Å². The highest BCUT2D eigenvalue weighted by Gasteiger charge is 2.57. The van der Waals surface area contributed by atoms with Gasteiger partial charge in [0.1, 0.15) is 23.5 Å². The van der Waals surface area contributed by atoms with E-state index in [0.717, 1.165) is 37.9 Å². The van der Waals surface area contributed by atoms with Crippen LogP contribution in [0.15, 0.2) is 30.7 Å². The van der Waals surface area contributed by atoms with Crippen LogP contribution in [-0.2, 0) is 4.79 Å². The average molecular weight is 384 g/mol. The Morgan fingerprint density at radius 1 is 1.43 bits per heavy atom. The van der Waals surface area contributed by atoms with Gasteiger partial charge < -0.3 is 15.8 Å². The summed E-state index contributed by atoms with van der Waals surface area (Å²) in [4.78, 5) is 30.3. The van der Waals surface area contributed by atoms with Crippen molar-refractivity contribution in [2.45, 2.75) is 64.1 Å². The van der Waals surface area contributed by atoms with Crippen LogP contribution in [0.4, 0.5) is 0 Å². The minimum atomic E-state index is -0.532. The van der Waals surface area contributed by atoms with Gasteiger partial charge in [-0.25, -0.2) is 4.98 Å². The second-order valence-corrected chi connectivity index (χ2v) is 8.91. The van der Waals surface area contributed by atoms with Crippen LogP contribution in [0.25, 0.3) is 0 Å². The smallest absolute Gasteiger partial charge is 0.254 e. The molecule has 0 bridgehead atoms. The summed E-state index contributed by atoms with van der Waals surface area (Å²) in [6.45, 7) is 8.30. The van der Waals surface area contributed by atoms with E-state index in [4.69, 9.17) is 10.5 Å². The molecule has 3 aliphatic rings. The Labute approximate surface area is 165 Å². The molecule has 2 saturated carbocycles. The van der Waals surface area contributed by atoms with Crippen molar-refractivity contribution in [1.82, 2.24) is 15.2 Å². The van der Waals surface area contributed by atoms with Crippen molar-refractivity contribution in [1.29, 1.82) is 0 Å². The van der Waals surface area contributed by atoms with Crippen molar-refractivity contribution in [3.63, 3.8) is 0 Å². The fraction of sp³-hybridized carbons (Fsp3) is 0.571. The third-order valence-electron chi connectivity index (χ3n) is 6.21. The van der Waals surface area contributed by atoms with Gasteiger partial charge >= 0.3 is 0 Å². The van der Waals surface area contributed by atoms with Crippen molar-refractivity contribution < 1.29 is 14.3 Å². The Bertz CT molecular complexity index is 808. The van der Waals surface area contributed by atoms with E-state index >= 15 is 0 Å². The summed E-state index contributed by atoms with van der Waals surface area (Å²) < 4.78 is 5.92. The molecule has 2 aliphatic carbocycles. The predicted octanol–water partition coefficient (Wildman–Crippen LogP) is 2.19. The molecule has 28 heavy (non-hydrogen) atoms. The molecule has 4 rings (SSSR count). The van der Waals surface area contributed by atoms with Crippen molar-refractivity contribution in [2.75, 3.05) is 0 Å². The van der Waals surface area contributed by atoms with Crippen LogP contribution in [0.1, 0.15) is 56.3 Å². The van der Waals surface area contributed by atoms with Gasteiger partial charge in [-0.2, -0.15) is 0 Å². The normalized spacial score (nSPS) is 31.5. The van der Waals surface area contributed by atoms with Gasteiger partial charge in [-0.15, -0.1) is 0 Å². The number of hydrogen-bond acceptors (Lipinski definition) is 5. The van der Waals surface area contributed by atoms with Gasteiger partial charge in [0.05, 0.1) is 0 Å². The minimum absolute atomic E-state index is 0.0400. The maximum atomic E-state index is 12.7. The Balaban J connectivity index is 1.31. The number of carbonyl (C=O) groups excluding carboxylic acids is 2. The Morgan fingerprint density at radius 2 is 2.14 bits per heavy atom. The number of amides is 2. The standard InChI is InChI=1S/C21H28N4O3/c1-12(2)7-17-20(27)25(13(3)24-17)14-8-21(9-14)10-15(11-21)28-19-16(18(22)26)5-4-6-23-19/h4-6,12,14-15,17,24H,3,7-11H2,1-2H3,(H2,22,26). The first-order chi connectivity index (χ1) is 13.3. The molecule has 7 heteroatoms. The number of rotatable bonds is 6. The summed E-state index contributed by atoms with van der Waals surface area (Å²) in [5.41, 5.74) is 5.93.